The quantitative estimate of drug-likeness (QED) is 0.427. The van der Waals surface area contributed by atoms with E-state index in [0.29, 0.717) is 15.9 Å². The number of nitrogens with zero attached hydrogens (tertiary/aromatic N) is 1. The third-order valence-electron chi connectivity index (χ3n) is 2.90. The fraction of sp³-hybridized carbons (Fsp3) is 0.667. The zero-order valence-corrected chi connectivity index (χ0v) is 14.0. The third-order valence-corrected chi connectivity index (χ3v) is 4.01. The molecule has 1 N–H and O–H groups in total. The second-order valence-electron chi connectivity index (χ2n) is 5.29. The van der Waals surface area contributed by atoms with Gasteiger partial charge in [0, 0.05) is 13.5 Å². The van der Waals surface area contributed by atoms with E-state index >= 15 is 0 Å². The standard InChI is InChI=1S/C15H24N2O3S/c1-5-20-14(19)12-13(11(4)18)21-15(17-12)16-9-7-6-8-10(2)3/h10H,5-9H2,1-4H3,(H,16,17). The number of ketones is 1. The maximum atomic E-state index is 11.8. The van der Waals surface area contributed by atoms with Gasteiger partial charge in [0.25, 0.3) is 0 Å². The van der Waals surface area contributed by atoms with Crippen LogP contribution in [0.25, 0.3) is 0 Å². The molecule has 0 radical (unpaired) electrons. The number of hydrogen-bond donors (Lipinski definition) is 1. The number of aromatic nitrogens is 1. The molecule has 1 rings (SSSR count). The van der Waals surface area contributed by atoms with Crippen LogP contribution in [0.5, 0.6) is 0 Å². The van der Waals surface area contributed by atoms with Gasteiger partial charge in [-0.05, 0) is 19.3 Å². The van der Waals surface area contributed by atoms with Crippen molar-refractivity contribution in [2.75, 3.05) is 18.5 Å². The molecule has 0 aliphatic carbocycles. The first-order chi connectivity index (χ1) is 9.95. The number of carbonyl (C=O) groups is 2. The molecule has 0 atom stereocenters. The molecule has 0 saturated carbocycles. The topological polar surface area (TPSA) is 68.3 Å². The van der Waals surface area contributed by atoms with Crippen LogP contribution in [0.1, 0.15) is 67.1 Å². The van der Waals surface area contributed by atoms with E-state index in [4.69, 9.17) is 4.74 Å². The fourth-order valence-electron chi connectivity index (χ4n) is 1.85. The Hall–Kier alpha value is -1.43. The van der Waals surface area contributed by atoms with E-state index in [0.717, 1.165) is 19.4 Å². The summed E-state index contributed by atoms with van der Waals surface area (Å²) in [6.07, 6.45) is 3.40. The lowest BCUT2D eigenvalue weighted by molar-refractivity contribution is 0.0517. The Morgan fingerprint density at radius 2 is 2.05 bits per heavy atom. The van der Waals surface area contributed by atoms with Crippen molar-refractivity contribution in [3.63, 3.8) is 0 Å². The van der Waals surface area contributed by atoms with Crippen LogP contribution < -0.4 is 5.32 Å². The minimum atomic E-state index is -0.535. The van der Waals surface area contributed by atoms with Crippen LogP contribution in [-0.4, -0.2) is 29.9 Å². The average molecular weight is 312 g/mol. The number of unbranched alkanes of at least 4 members (excludes halogenated alkanes) is 1. The van der Waals surface area contributed by atoms with Gasteiger partial charge < -0.3 is 10.1 Å². The lowest BCUT2D eigenvalue weighted by atomic mass is 10.1. The lowest BCUT2D eigenvalue weighted by Crippen LogP contribution is -2.09. The molecule has 118 valence electrons. The number of rotatable bonds is 9. The summed E-state index contributed by atoms with van der Waals surface area (Å²) in [6, 6.07) is 0. The monoisotopic (exact) mass is 312 g/mol. The molecule has 0 saturated heterocycles. The number of hydrogen-bond acceptors (Lipinski definition) is 6. The molecule has 0 amide bonds. The molecular formula is C15H24N2O3S. The molecular weight excluding hydrogens is 288 g/mol. The largest absolute Gasteiger partial charge is 0.461 e. The lowest BCUT2D eigenvalue weighted by Gasteiger charge is -2.04. The highest BCUT2D eigenvalue weighted by Gasteiger charge is 2.22. The van der Waals surface area contributed by atoms with Gasteiger partial charge in [-0.2, -0.15) is 0 Å². The van der Waals surface area contributed by atoms with Crippen LogP contribution in [0, 0.1) is 5.92 Å². The maximum Gasteiger partial charge on any atom is 0.358 e. The summed E-state index contributed by atoms with van der Waals surface area (Å²) in [6.45, 7) is 8.64. The minimum absolute atomic E-state index is 0.124. The Morgan fingerprint density at radius 1 is 1.33 bits per heavy atom. The van der Waals surface area contributed by atoms with Crippen LogP contribution in [-0.2, 0) is 4.74 Å². The number of Topliss-reactive ketones (excluding diaryl/α,β-unsaturated/α-hetero) is 1. The van der Waals surface area contributed by atoms with E-state index in [-0.39, 0.29) is 18.1 Å². The van der Waals surface area contributed by atoms with Gasteiger partial charge >= 0.3 is 5.97 Å². The molecule has 5 nitrogen and oxygen atoms in total. The van der Waals surface area contributed by atoms with Gasteiger partial charge in [0.05, 0.1) is 6.61 Å². The molecule has 0 bridgehead atoms. The number of anilines is 1. The summed E-state index contributed by atoms with van der Waals surface area (Å²) in [4.78, 5) is 27.9. The number of nitrogens with one attached hydrogen (secondary N) is 1. The van der Waals surface area contributed by atoms with Gasteiger partial charge in [-0.1, -0.05) is 38.0 Å². The first kappa shape index (κ1) is 17.6. The zero-order chi connectivity index (χ0) is 15.8. The highest BCUT2D eigenvalue weighted by atomic mass is 32.1. The second-order valence-corrected chi connectivity index (χ2v) is 6.29. The Labute approximate surface area is 130 Å². The highest BCUT2D eigenvalue weighted by Crippen LogP contribution is 2.24. The van der Waals surface area contributed by atoms with Crippen LogP contribution in [0.2, 0.25) is 0 Å². The average Bonchev–Trinajstić information content (AvgIpc) is 2.82. The SMILES string of the molecule is CCOC(=O)c1nc(NCCCCC(C)C)sc1C(C)=O. The van der Waals surface area contributed by atoms with Crippen molar-refractivity contribution >= 4 is 28.2 Å². The van der Waals surface area contributed by atoms with Crippen molar-refractivity contribution < 1.29 is 14.3 Å². The number of carbonyl (C=O) groups excluding carboxylic acids is 2. The van der Waals surface area contributed by atoms with Crippen molar-refractivity contribution in [2.24, 2.45) is 5.92 Å². The smallest absolute Gasteiger partial charge is 0.358 e. The first-order valence-electron chi connectivity index (χ1n) is 7.38. The van der Waals surface area contributed by atoms with Gasteiger partial charge in [-0.15, -0.1) is 0 Å². The first-order valence-corrected chi connectivity index (χ1v) is 8.20. The molecule has 6 heteroatoms. The summed E-state index contributed by atoms with van der Waals surface area (Å²) < 4.78 is 4.93. The maximum absolute atomic E-state index is 11.8. The van der Waals surface area contributed by atoms with E-state index in [2.05, 4.69) is 24.1 Å². The summed E-state index contributed by atoms with van der Waals surface area (Å²) >= 11 is 1.21. The summed E-state index contributed by atoms with van der Waals surface area (Å²) in [5, 5.41) is 3.78. The van der Waals surface area contributed by atoms with E-state index in [1.54, 1.807) is 6.92 Å². The zero-order valence-electron chi connectivity index (χ0n) is 13.2. The van der Waals surface area contributed by atoms with Crippen molar-refractivity contribution in [2.45, 2.75) is 47.0 Å². The second kappa shape index (κ2) is 8.77. The normalized spacial score (nSPS) is 10.7. The summed E-state index contributed by atoms with van der Waals surface area (Å²) in [5.41, 5.74) is 0.124. The molecule has 0 fully saturated rings. The molecule has 1 aromatic heterocycles. The van der Waals surface area contributed by atoms with Gasteiger partial charge in [0.15, 0.2) is 16.6 Å². The molecule has 1 heterocycles. The number of esters is 1. The number of ether oxygens (including phenoxy) is 1. The predicted molar refractivity (Wildman–Crippen MR) is 85.3 cm³/mol. The van der Waals surface area contributed by atoms with Crippen molar-refractivity contribution in [1.29, 1.82) is 0 Å². The predicted octanol–water partition coefficient (Wildman–Crippen LogP) is 3.76. The molecule has 1 aromatic rings. The Kier molecular flexibility index (Phi) is 7.36. The molecule has 0 spiro atoms. The van der Waals surface area contributed by atoms with Crippen molar-refractivity contribution in [3.8, 4) is 0 Å². The molecule has 21 heavy (non-hydrogen) atoms. The molecule has 0 aromatic carbocycles. The summed E-state index contributed by atoms with van der Waals surface area (Å²) in [5.74, 6) is 0.0137. The van der Waals surface area contributed by atoms with Gasteiger partial charge in [-0.25, -0.2) is 9.78 Å². The van der Waals surface area contributed by atoms with Crippen molar-refractivity contribution in [3.05, 3.63) is 10.6 Å². The van der Waals surface area contributed by atoms with Crippen molar-refractivity contribution in [1.82, 2.24) is 4.98 Å². The molecule has 0 aliphatic rings. The Bertz CT molecular complexity index is 483. The van der Waals surface area contributed by atoms with Crippen LogP contribution >= 0.6 is 11.3 Å². The van der Waals surface area contributed by atoms with E-state index in [1.165, 1.54) is 24.7 Å². The van der Waals surface area contributed by atoms with E-state index < -0.39 is 5.97 Å². The number of thiazole rings is 1. The molecule has 0 aliphatic heterocycles. The Morgan fingerprint density at radius 3 is 2.62 bits per heavy atom. The van der Waals surface area contributed by atoms with Gasteiger partial charge in [-0.3, -0.25) is 4.79 Å². The van der Waals surface area contributed by atoms with E-state index in [9.17, 15) is 9.59 Å². The molecule has 0 unspecified atom stereocenters. The summed E-state index contributed by atoms with van der Waals surface area (Å²) in [7, 11) is 0. The van der Waals surface area contributed by atoms with Crippen LogP contribution in [0.4, 0.5) is 5.13 Å². The van der Waals surface area contributed by atoms with Crippen LogP contribution in [0.3, 0.4) is 0 Å². The third kappa shape index (κ3) is 5.83. The van der Waals surface area contributed by atoms with Crippen LogP contribution in [0.15, 0.2) is 0 Å². The van der Waals surface area contributed by atoms with Gasteiger partial charge in [0.1, 0.15) is 4.88 Å². The van der Waals surface area contributed by atoms with Gasteiger partial charge in [0.2, 0.25) is 0 Å². The minimum Gasteiger partial charge on any atom is -0.461 e. The fourth-order valence-corrected chi connectivity index (χ4v) is 2.72. The highest BCUT2D eigenvalue weighted by molar-refractivity contribution is 7.17. The van der Waals surface area contributed by atoms with E-state index in [1.807, 2.05) is 0 Å². The Balaban J connectivity index is 2.61.